The Hall–Kier alpha value is -1.59. The normalized spacial score (nSPS) is 9.80. The molecule has 0 N–H and O–H groups in total. The van der Waals surface area contributed by atoms with Gasteiger partial charge in [0.25, 0.3) is 0 Å². The number of benzene rings is 1. The molecule has 1 rings (SSSR count). The molecule has 0 heterocycles. The van der Waals surface area contributed by atoms with Crippen molar-refractivity contribution in [2.24, 2.45) is 4.99 Å². The van der Waals surface area contributed by atoms with E-state index in [1.54, 1.807) is 32.0 Å². The molecule has 0 aliphatic rings. The minimum Gasteiger partial charge on any atom is -0.461 e. The first kappa shape index (κ1) is 16.5. The zero-order valence-corrected chi connectivity index (χ0v) is 12.5. The molecule has 0 bridgehead atoms. The number of para-hydroxylation sites is 1. The van der Waals surface area contributed by atoms with Gasteiger partial charge in [-0.1, -0.05) is 29.3 Å². The van der Waals surface area contributed by atoms with Crippen molar-refractivity contribution >= 4 is 46.5 Å². The lowest BCUT2D eigenvalue weighted by atomic mass is 10.3. The van der Waals surface area contributed by atoms with Crippen molar-refractivity contribution < 1.29 is 19.1 Å². The number of carbonyl (C=O) groups is 2. The second kappa shape index (κ2) is 7.87. The molecule has 0 atom stereocenters. The second-order valence-corrected chi connectivity index (χ2v) is 4.29. The number of carbonyl (C=O) groups excluding carboxylic acids is 2. The van der Waals surface area contributed by atoms with Gasteiger partial charge in [-0.3, -0.25) is 0 Å². The van der Waals surface area contributed by atoms with Crippen LogP contribution in [0.15, 0.2) is 23.2 Å². The molecule has 1 aromatic carbocycles. The second-order valence-electron chi connectivity index (χ2n) is 3.47. The Morgan fingerprint density at radius 1 is 1.05 bits per heavy atom. The molecule has 0 fully saturated rings. The fraction of sp³-hybridized carbons (Fsp3) is 0.308. The SMILES string of the molecule is CCOC(=O)C(=Nc1c(Cl)cccc1Cl)C(=O)OCC. The van der Waals surface area contributed by atoms with E-state index in [2.05, 4.69) is 4.99 Å². The Morgan fingerprint density at radius 2 is 1.50 bits per heavy atom. The summed E-state index contributed by atoms with van der Waals surface area (Å²) in [6, 6.07) is 4.71. The van der Waals surface area contributed by atoms with E-state index < -0.39 is 17.7 Å². The van der Waals surface area contributed by atoms with Gasteiger partial charge in [-0.2, -0.15) is 0 Å². The van der Waals surface area contributed by atoms with Gasteiger partial charge in [0.15, 0.2) is 0 Å². The van der Waals surface area contributed by atoms with Gasteiger partial charge >= 0.3 is 11.9 Å². The molecule has 0 aliphatic carbocycles. The molecule has 20 heavy (non-hydrogen) atoms. The molecule has 1 aromatic rings. The highest BCUT2D eigenvalue weighted by molar-refractivity contribution is 6.63. The number of nitrogens with zero attached hydrogens (tertiary/aromatic N) is 1. The standard InChI is InChI=1S/C13H13Cl2NO4/c1-3-19-12(17)11(13(18)20-4-2)16-10-8(14)6-5-7-9(10)15/h5-7H,3-4H2,1-2H3. The van der Waals surface area contributed by atoms with E-state index in [-0.39, 0.29) is 28.9 Å². The molecule has 5 nitrogen and oxygen atoms in total. The van der Waals surface area contributed by atoms with E-state index in [0.717, 1.165) is 0 Å². The van der Waals surface area contributed by atoms with Gasteiger partial charge in [-0.15, -0.1) is 0 Å². The van der Waals surface area contributed by atoms with Crippen molar-refractivity contribution in [3.8, 4) is 0 Å². The molecule has 0 saturated heterocycles. The predicted octanol–water partition coefficient (Wildman–Crippen LogP) is 3.19. The van der Waals surface area contributed by atoms with Crippen molar-refractivity contribution in [2.45, 2.75) is 13.8 Å². The van der Waals surface area contributed by atoms with E-state index in [9.17, 15) is 9.59 Å². The third kappa shape index (κ3) is 4.21. The Kier molecular flexibility index (Phi) is 6.48. The van der Waals surface area contributed by atoms with E-state index in [0.29, 0.717) is 0 Å². The van der Waals surface area contributed by atoms with E-state index in [1.165, 1.54) is 0 Å². The summed E-state index contributed by atoms with van der Waals surface area (Å²) in [4.78, 5) is 27.4. The van der Waals surface area contributed by atoms with Crippen LogP contribution in [0.3, 0.4) is 0 Å². The average Bonchev–Trinajstić information content (AvgIpc) is 2.38. The lowest BCUT2D eigenvalue weighted by molar-refractivity contribution is -0.140. The van der Waals surface area contributed by atoms with Gasteiger partial charge in [-0.25, -0.2) is 14.6 Å². The van der Waals surface area contributed by atoms with Gasteiger partial charge in [0, 0.05) is 0 Å². The van der Waals surface area contributed by atoms with Gasteiger partial charge in [-0.05, 0) is 26.0 Å². The number of hydrogen-bond donors (Lipinski definition) is 0. The fourth-order valence-corrected chi connectivity index (χ4v) is 1.76. The number of hydrogen-bond acceptors (Lipinski definition) is 5. The van der Waals surface area contributed by atoms with E-state index in [1.807, 2.05) is 0 Å². The topological polar surface area (TPSA) is 65.0 Å². The summed E-state index contributed by atoms with van der Waals surface area (Å²) < 4.78 is 9.53. The van der Waals surface area contributed by atoms with E-state index >= 15 is 0 Å². The summed E-state index contributed by atoms with van der Waals surface area (Å²) in [6.07, 6.45) is 0. The highest BCUT2D eigenvalue weighted by atomic mass is 35.5. The summed E-state index contributed by atoms with van der Waals surface area (Å²) >= 11 is 11.9. The van der Waals surface area contributed by atoms with Crippen LogP contribution in [0.2, 0.25) is 10.0 Å². The first-order chi connectivity index (χ1) is 9.51. The molecule has 0 spiro atoms. The largest absolute Gasteiger partial charge is 0.461 e. The first-order valence-corrected chi connectivity index (χ1v) is 6.63. The Labute approximate surface area is 126 Å². The predicted molar refractivity (Wildman–Crippen MR) is 76.8 cm³/mol. The summed E-state index contributed by atoms with van der Waals surface area (Å²) in [5.41, 5.74) is -0.379. The van der Waals surface area contributed by atoms with Crippen molar-refractivity contribution in [3.05, 3.63) is 28.2 Å². The maximum Gasteiger partial charge on any atom is 0.364 e. The van der Waals surface area contributed by atoms with Crippen molar-refractivity contribution in [2.75, 3.05) is 13.2 Å². The molecule has 7 heteroatoms. The van der Waals surface area contributed by atoms with Crippen LogP contribution in [0, 0.1) is 0 Å². The first-order valence-electron chi connectivity index (χ1n) is 5.88. The molecule has 0 aromatic heterocycles. The van der Waals surface area contributed by atoms with Crippen LogP contribution in [-0.2, 0) is 19.1 Å². The minimum absolute atomic E-state index is 0.105. The highest BCUT2D eigenvalue weighted by Crippen LogP contribution is 2.32. The van der Waals surface area contributed by atoms with Crippen LogP contribution < -0.4 is 0 Å². The van der Waals surface area contributed by atoms with Crippen LogP contribution in [0.4, 0.5) is 5.69 Å². The molecule has 0 amide bonds. The Balaban J connectivity index is 3.25. The summed E-state index contributed by atoms with van der Waals surface area (Å²) in [5.74, 6) is -1.77. The van der Waals surface area contributed by atoms with Crippen molar-refractivity contribution in [1.29, 1.82) is 0 Å². The summed E-state index contributed by atoms with van der Waals surface area (Å²) in [5, 5.41) is 0.423. The van der Waals surface area contributed by atoms with Crippen LogP contribution in [0.25, 0.3) is 0 Å². The van der Waals surface area contributed by atoms with Gasteiger partial charge in [0.05, 0.1) is 23.3 Å². The maximum atomic E-state index is 11.7. The third-order valence-corrected chi connectivity index (χ3v) is 2.71. The average molecular weight is 318 g/mol. The molecular formula is C13H13Cl2NO4. The molecule has 0 aliphatic heterocycles. The van der Waals surface area contributed by atoms with Crippen LogP contribution in [0.1, 0.15) is 13.8 Å². The zero-order chi connectivity index (χ0) is 15.1. The number of halogens is 2. The molecule has 0 unspecified atom stereocenters. The van der Waals surface area contributed by atoms with Crippen LogP contribution >= 0.6 is 23.2 Å². The van der Waals surface area contributed by atoms with Gasteiger partial charge in [0.1, 0.15) is 5.69 Å². The quantitative estimate of drug-likeness (QED) is 0.475. The Bertz CT molecular complexity index is 503. The minimum atomic E-state index is -0.887. The third-order valence-electron chi connectivity index (χ3n) is 2.10. The van der Waals surface area contributed by atoms with Crippen molar-refractivity contribution in [1.82, 2.24) is 0 Å². The van der Waals surface area contributed by atoms with Crippen molar-refractivity contribution in [3.63, 3.8) is 0 Å². The van der Waals surface area contributed by atoms with Crippen LogP contribution in [-0.4, -0.2) is 30.9 Å². The highest BCUT2D eigenvalue weighted by Gasteiger charge is 2.24. The molecular weight excluding hydrogens is 305 g/mol. The maximum absolute atomic E-state index is 11.7. The lowest BCUT2D eigenvalue weighted by Crippen LogP contribution is -2.28. The summed E-state index contributed by atoms with van der Waals surface area (Å²) in [6.45, 7) is 3.44. The van der Waals surface area contributed by atoms with Gasteiger partial charge in [0.2, 0.25) is 5.71 Å². The number of ether oxygens (including phenoxy) is 2. The smallest absolute Gasteiger partial charge is 0.364 e. The molecule has 108 valence electrons. The summed E-state index contributed by atoms with van der Waals surface area (Å²) in [7, 11) is 0. The number of aliphatic imine (C=N–C) groups is 1. The van der Waals surface area contributed by atoms with Crippen LogP contribution in [0.5, 0.6) is 0 Å². The Morgan fingerprint density at radius 3 is 1.90 bits per heavy atom. The van der Waals surface area contributed by atoms with E-state index in [4.69, 9.17) is 32.7 Å². The molecule has 0 radical (unpaired) electrons. The lowest BCUT2D eigenvalue weighted by Gasteiger charge is -2.07. The number of esters is 2. The zero-order valence-electron chi connectivity index (χ0n) is 11.0. The number of rotatable bonds is 5. The fourth-order valence-electron chi connectivity index (χ4n) is 1.28. The molecule has 0 saturated carbocycles. The van der Waals surface area contributed by atoms with Gasteiger partial charge < -0.3 is 9.47 Å². The monoisotopic (exact) mass is 317 g/mol.